The fourth-order valence-corrected chi connectivity index (χ4v) is 3.84. The number of carbonyl (C=O) groups excluding carboxylic acids is 1. The molecule has 1 atom stereocenters. The molecule has 144 valence electrons. The van der Waals surface area contributed by atoms with Gasteiger partial charge in [0.1, 0.15) is 11.5 Å². The third-order valence-electron chi connectivity index (χ3n) is 5.49. The van der Waals surface area contributed by atoms with Crippen LogP contribution in [0.2, 0.25) is 0 Å². The van der Waals surface area contributed by atoms with E-state index in [0.29, 0.717) is 5.92 Å². The van der Waals surface area contributed by atoms with Gasteiger partial charge in [0.15, 0.2) is 0 Å². The number of likely N-dealkylation sites (tertiary alicyclic amines) is 1. The summed E-state index contributed by atoms with van der Waals surface area (Å²) in [6.45, 7) is 3.57. The Morgan fingerprint density at radius 3 is 2.75 bits per heavy atom. The van der Waals surface area contributed by atoms with Crippen LogP contribution >= 0.6 is 0 Å². The van der Waals surface area contributed by atoms with E-state index in [1.165, 1.54) is 0 Å². The topological polar surface area (TPSA) is 63.9 Å². The van der Waals surface area contributed by atoms with Gasteiger partial charge in [0, 0.05) is 31.9 Å². The zero-order valence-corrected chi connectivity index (χ0v) is 16.4. The number of nitrogens with zero attached hydrogens (tertiary/aromatic N) is 5. The van der Waals surface area contributed by atoms with Crippen LogP contribution in [0.5, 0.6) is 0 Å². The van der Waals surface area contributed by atoms with Crippen molar-refractivity contribution in [2.24, 2.45) is 13.0 Å². The van der Waals surface area contributed by atoms with Crippen LogP contribution in [0.15, 0.2) is 48.9 Å². The maximum absolute atomic E-state index is 12.8. The molecule has 1 aliphatic rings. The Labute approximate surface area is 165 Å². The molecule has 1 fully saturated rings. The second kappa shape index (κ2) is 7.92. The van der Waals surface area contributed by atoms with E-state index in [4.69, 9.17) is 4.98 Å². The van der Waals surface area contributed by atoms with Gasteiger partial charge in [-0.05, 0) is 44.2 Å². The first-order chi connectivity index (χ1) is 13.6. The Hall–Kier alpha value is -3.02. The lowest BCUT2D eigenvalue weighted by molar-refractivity contribution is 0.0672. The molecule has 6 heteroatoms. The van der Waals surface area contributed by atoms with Crippen LogP contribution in [-0.4, -0.2) is 43.4 Å². The highest BCUT2D eigenvalue weighted by Crippen LogP contribution is 2.23. The Kier molecular flexibility index (Phi) is 5.19. The summed E-state index contributed by atoms with van der Waals surface area (Å²) in [5.74, 6) is 1.47. The highest BCUT2D eigenvalue weighted by molar-refractivity contribution is 5.94. The van der Waals surface area contributed by atoms with Gasteiger partial charge in [0.25, 0.3) is 5.91 Å². The first-order valence-corrected chi connectivity index (χ1v) is 9.76. The first-order valence-electron chi connectivity index (χ1n) is 9.76. The highest BCUT2D eigenvalue weighted by Gasteiger charge is 2.25. The minimum absolute atomic E-state index is 0.121. The summed E-state index contributed by atoms with van der Waals surface area (Å²) >= 11 is 0. The SMILES string of the molecule is Cc1ncc(-c2cncc(C[C@H]3CCCN(C(=O)c4ccccc4)C3)n2)n1C. The third-order valence-corrected chi connectivity index (χ3v) is 5.49. The first kappa shape index (κ1) is 18.3. The second-order valence-electron chi connectivity index (χ2n) is 7.47. The average molecular weight is 375 g/mol. The number of hydrogen-bond donors (Lipinski definition) is 0. The van der Waals surface area contributed by atoms with E-state index in [0.717, 1.165) is 60.8 Å². The Morgan fingerprint density at radius 2 is 2.00 bits per heavy atom. The van der Waals surface area contributed by atoms with Crippen molar-refractivity contribution in [3.63, 3.8) is 0 Å². The monoisotopic (exact) mass is 375 g/mol. The molecule has 2 aromatic heterocycles. The Morgan fingerprint density at radius 1 is 1.18 bits per heavy atom. The van der Waals surface area contributed by atoms with Crippen LogP contribution in [0.3, 0.4) is 0 Å². The smallest absolute Gasteiger partial charge is 0.253 e. The molecule has 3 aromatic rings. The molecule has 1 saturated heterocycles. The van der Waals surface area contributed by atoms with Crippen molar-refractivity contribution in [3.05, 3.63) is 66.0 Å². The van der Waals surface area contributed by atoms with E-state index in [-0.39, 0.29) is 5.91 Å². The van der Waals surface area contributed by atoms with Crippen LogP contribution in [0, 0.1) is 12.8 Å². The van der Waals surface area contributed by atoms with Gasteiger partial charge in [-0.15, -0.1) is 0 Å². The van der Waals surface area contributed by atoms with Gasteiger partial charge in [-0.25, -0.2) is 9.97 Å². The zero-order chi connectivity index (χ0) is 19.5. The standard InChI is InChI=1S/C22H25N5O/c1-16-24-14-21(26(16)2)20-13-23-12-19(25-20)11-17-7-6-10-27(15-17)22(28)18-8-4-3-5-9-18/h3-5,8-9,12-14,17H,6-7,10-11,15H2,1-2H3/t17-/m1/s1. The number of piperidine rings is 1. The van der Waals surface area contributed by atoms with Crippen molar-refractivity contribution in [2.45, 2.75) is 26.2 Å². The minimum Gasteiger partial charge on any atom is -0.338 e. The van der Waals surface area contributed by atoms with Crippen LogP contribution in [0.4, 0.5) is 0 Å². The van der Waals surface area contributed by atoms with Crippen molar-refractivity contribution in [3.8, 4) is 11.4 Å². The Balaban J connectivity index is 1.46. The number of benzene rings is 1. The Bertz CT molecular complexity index is 966. The van der Waals surface area contributed by atoms with Gasteiger partial charge in [-0.2, -0.15) is 0 Å². The third kappa shape index (κ3) is 3.81. The summed E-state index contributed by atoms with van der Waals surface area (Å²) in [5.41, 5.74) is 3.54. The maximum atomic E-state index is 12.8. The summed E-state index contributed by atoms with van der Waals surface area (Å²) < 4.78 is 2.02. The van der Waals surface area contributed by atoms with Crippen molar-refractivity contribution < 1.29 is 4.79 Å². The van der Waals surface area contributed by atoms with Crippen molar-refractivity contribution >= 4 is 5.91 Å². The molecule has 1 aromatic carbocycles. The van der Waals surface area contributed by atoms with Gasteiger partial charge in [-0.1, -0.05) is 18.2 Å². The van der Waals surface area contributed by atoms with Crippen LogP contribution < -0.4 is 0 Å². The van der Waals surface area contributed by atoms with E-state index < -0.39 is 0 Å². The summed E-state index contributed by atoms with van der Waals surface area (Å²) in [5, 5.41) is 0. The van der Waals surface area contributed by atoms with E-state index in [9.17, 15) is 4.79 Å². The van der Waals surface area contributed by atoms with Crippen LogP contribution in [-0.2, 0) is 13.5 Å². The highest BCUT2D eigenvalue weighted by atomic mass is 16.2. The molecule has 0 radical (unpaired) electrons. The summed E-state index contributed by atoms with van der Waals surface area (Å²) in [6.07, 6.45) is 8.42. The van der Waals surface area contributed by atoms with Crippen molar-refractivity contribution in [1.82, 2.24) is 24.4 Å². The molecular formula is C22H25N5O. The lowest BCUT2D eigenvalue weighted by Gasteiger charge is -2.32. The summed E-state index contributed by atoms with van der Waals surface area (Å²) in [4.78, 5) is 28.3. The van der Waals surface area contributed by atoms with E-state index in [1.807, 2.05) is 66.2 Å². The number of aromatic nitrogens is 4. The normalized spacial score (nSPS) is 16.9. The molecule has 1 amide bonds. The number of imidazole rings is 1. The fraction of sp³-hybridized carbons (Fsp3) is 0.364. The predicted molar refractivity (Wildman–Crippen MR) is 108 cm³/mol. The fourth-order valence-electron chi connectivity index (χ4n) is 3.84. The number of carbonyl (C=O) groups is 1. The molecular weight excluding hydrogens is 350 g/mol. The molecule has 28 heavy (non-hydrogen) atoms. The number of rotatable bonds is 4. The molecule has 1 aliphatic heterocycles. The molecule has 0 spiro atoms. The summed E-state index contributed by atoms with van der Waals surface area (Å²) in [7, 11) is 1.99. The quantitative estimate of drug-likeness (QED) is 0.702. The molecule has 0 saturated carbocycles. The molecule has 0 aliphatic carbocycles. The summed E-state index contributed by atoms with van der Waals surface area (Å²) in [6, 6.07) is 9.53. The number of hydrogen-bond acceptors (Lipinski definition) is 4. The molecule has 0 unspecified atom stereocenters. The van der Waals surface area contributed by atoms with Gasteiger partial charge >= 0.3 is 0 Å². The maximum Gasteiger partial charge on any atom is 0.253 e. The van der Waals surface area contributed by atoms with Gasteiger partial charge in [-0.3, -0.25) is 9.78 Å². The van der Waals surface area contributed by atoms with E-state index >= 15 is 0 Å². The van der Waals surface area contributed by atoms with E-state index in [1.54, 1.807) is 6.20 Å². The number of aryl methyl sites for hydroxylation is 1. The average Bonchev–Trinajstić information content (AvgIpc) is 3.07. The predicted octanol–water partition coefficient (Wildman–Crippen LogP) is 3.28. The van der Waals surface area contributed by atoms with Crippen molar-refractivity contribution in [2.75, 3.05) is 13.1 Å². The van der Waals surface area contributed by atoms with Gasteiger partial charge in [0.05, 0.1) is 23.8 Å². The molecule has 4 rings (SSSR count). The second-order valence-corrected chi connectivity index (χ2v) is 7.47. The van der Waals surface area contributed by atoms with Crippen LogP contribution in [0.25, 0.3) is 11.4 Å². The van der Waals surface area contributed by atoms with E-state index in [2.05, 4.69) is 9.97 Å². The zero-order valence-electron chi connectivity index (χ0n) is 16.4. The molecule has 6 nitrogen and oxygen atoms in total. The number of amides is 1. The largest absolute Gasteiger partial charge is 0.338 e. The lowest BCUT2D eigenvalue weighted by Crippen LogP contribution is -2.40. The molecule has 0 bridgehead atoms. The lowest BCUT2D eigenvalue weighted by atomic mass is 9.93. The van der Waals surface area contributed by atoms with Crippen molar-refractivity contribution in [1.29, 1.82) is 0 Å². The molecule has 0 N–H and O–H groups in total. The minimum atomic E-state index is 0.121. The molecule has 3 heterocycles. The van der Waals surface area contributed by atoms with Gasteiger partial charge in [0.2, 0.25) is 0 Å². The van der Waals surface area contributed by atoms with Gasteiger partial charge < -0.3 is 9.47 Å². The van der Waals surface area contributed by atoms with Crippen LogP contribution in [0.1, 0.15) is 34.7 Å².